The number of benzene rings is 6. The van der Waals surface area contributed by atoms with Crippen molar-refractivity contribution in [3.63, 3.8) is 0 Å². The fraction of sp³-hybridized carbons (Fsp3) is 0.143. The zero-order valence-electron chi connectivity index (χ0n) is 26.9. The summed E-state index contributed by atoms with van der Waals surface area (Å²) in [5, 5.41) is 0. The van der Waals surface area contributed by atoms with E-state index in [2.05, 4.69) is 72.8 Å². The minimum absolute atomic E-state index is 0.659. The van der Waals surface area contributed by atoms with Gasteiger partial charge in [-0.05, 0) is 87.5 Å². The lowest BCUT2D eigenvalue weighted by Gasteiger charge is -2.37. The molecule has 0 radical (unpaired) electrons. The molecule has 0 aliphatic rings. The van der Waals surface area contributed by atoms with E-state index in [0.29, 0.717) is 0 Å². The molecule has 0 bridgehead atoms. The van der Waals surface area contributed by atoms with Gasteiger partial charge in [0, 0.05) is 0 Å². The summed E-state index contributed by atoms with van der Waals surface area (Å²) >= 11 is 7.78. The summed E-state index contributed by atoms with van der Waals surface area (Å²) in [7, 11) is 6.70. The predicted octanol–water partition coefficient (Wildman–Crippen LogP) is 9.63. The van der Waals surface area contributed by atoms with Gasteiger partial charge in [0.2, 0.25) is 0 Å². The Balaban J connectivity index is 1.58. The van der Waals surface area contributed by atoms with Crippen LogP contribution < -0.4 is 18.9 Å². The van der Waals surface area contributed by atoms with Gasteiger partial charge in [-0.15, -0.1) is 11.6 Å². The van der Waals surface area contributed by atoms with E-state index in [4.69, 9.17) is 30.5 Å². The van der Waals surface area contributed by atoms with Crippen LogP contribution in [0.3, 0.4) is 0 Å². The molecule has 6 aromatic carbocycles. The van der Waals surface area contributed by atoms with Crippen LogP contribution in [0.1, 0.15) is 38.9 Å². The largest absolute Gasteiger partial charge is 0.497 e. The molecule has 47 heavy (non-hydrogen) atoms. The van der Waals surface area contributed by atoms with Gasteiger partial charge in [-0.3, -0.25) is 0 Å². The molecule has 6 aromatic rings. The van der Waals surface area contributed by atoms with Crippen LogP contribution in [0.15, 0.2) is 152 Å². The zero-order valence-corrected chi connectivity index (χ0v) is 27.7. The molecule has 0 atom stereocenters. The van der Waals surface area contributed by atoms with E-state index in [0.717, 1.165) is 61.9 Å². The highest BCUT2D eigenvalue weighted by atomic mass is 35.5. The van der Waals surface area contributed by atoms with E-state index < -0.39 is 10.3 Å². The van der Waals surface area contributed by atoms with Crippen LogP contribution in [-0.2, 0) is 10.3 Å². The van der Waals surface area contributed by atoms with Crippen LogP contribution in [0.25, 0.3) is 0 Å². The van der Waals surface area contributed by atoms with Gasteiger partial charge >= 0.3 is 0 Å². The molecule has 236 valence electrons. The number of rotatable bonds is 11. The number of hydrogen-bond acceptors (Lipinski definition) is 4. The van der Waals surface area contributed by atoms with E-state index in [-0.39, 0.29) is 0 Å². The topological polar surface area (TPSA) is 36.9 Å². The van der Waals surface area contributed by atoms with Gasteiger partial charge in [0.05, 0.1) is 33.9 Å². The van der Waals surface area contributed by atoms with Crippen LogP contribution in [0.2, 0.25) is 0 Å². The second kappa shape index (κ2) is 13.7. The van der Waals surface area contributed by atoms with E-state index in [9.17, 15) is 0 Å². The number of alkyl halides is 1. The summed E-state index contributed by atoms with van der Waals surface area (Å²) < 4.78 is 22.0. The maximum Gasteiger partial charge on any atom is 0.119 e. The Morgan fingerprint density at radius 1 is 0.319 bits per heavy atom. The first-order valence-electron chi connectivity index (χ1n) is 15.4. The van der Waals surface area contributed by atoms with Crippen molar-refractivity contribution < 1.29 is 18.9 Å². The van der Waals surface area contributed by atoms with Crippen molar-refractivity contribution in [3.8, 4) is 23.0 Å². The molecule has 0 saturated heterocycles. The first-order chi connectivity index (χ1) is 23.0. The number of hydrogen-bond donors (Lipinski definition) is 0. The first kappa shape index (κ1) is 31.8. The summed E-state index contributed by atoms with van der Waals surface area (Å²) in [4.78, 5) is -0.979. The maximum atomic E-state index is 7.78. The van der Waals surface area contributed by atoms with Crippen LogP contribution in [0.5, 0.6) is 23.0 Å². The lowest BCUT2D eigenvalue weighted by Crippen LogP contribution is -2.31. The molecule has 5 heteroatoms. The second-order valence-electron chi connectivity index (χ2n) is 11.3. The Bertz CT molecular complexity index is 1790. The second-order valence-corrected chi connectivity index (χ2v) is 11.8. The highest BCUT2D eigenvalue weighted by Crippen LogP contribution is 2.48. The molecule has 0 fully saturated rings. The van der Waals surface area contributed by atoms with Crippen molar-refractivity contribution in [1.82, 2.24) is 0 Å². The van der Waals surface area contributed by atoms with E-state index in [1.807, 2.05) is 78.9 Å². The standard InChI is InChI=1S/C42H37ClO4/c1-44-37-22-14-32(15-23-37)41(30-8-6-5-7-9-30,33-16-24-38(45-2)25-17-33)31-10-12-34(13-11-31)42(43,35-18-26-39(46-3)27-19-35)36-20-28-40(47-4)29-21-36/h5-29H,1-4H3. The molecule has 0 aliphatic heterocycles. The quantitative estimate of drug-likeness (QED) is 0.104. The highest BCUT2D eigenvalue weighted by Gasteiger charge is 2.40. The third kappa shape index (κ3) is 5.82. The lowest BCUT2D eigenvalue weighted by atomic mass is 9.65. The Labute approximate surface area is 282 Å². The molecule has 0 unspecified atom stereocenters. The van der Waals surface area contributed by atoms with Gasteiger partial charge < -0.3 is 18.9 Å². The molecular weight excluding hydrogens is 604 g/mol. The van der Waals surface area contributed by atoms with Crippen molar-refractivity contribution in [3.05, 3.63) is 191 Å². The van der Waals surface area contributed by atoms with Crippen molar-refractivity contribution in [2.24, 2.45) is 0 Å². The third-order valence-electron chi connectivity index (χ3n) is 8.94. The molecule has 0 spiro atoms. The predicted molar refractivity (Wildman–Crippen MR) is 190 cm³/mol. The van der Waals surface area contributed by atoms with Gasteiger partial charge in [0.1, 0.15) is 27.9 Å². The summed E-state index contributed by atoms with van der Waals surface area (Å²) in [6.07, 6.45) is 0. The van der Waals surface area contributed by atoms with Gasteiger partial charge in [-0.1, -0.05) is 103 Å². The summed E-state index contributed by atoms with van der Waals surface area (Å²) in [6, 6.07) is 51.7. The lowest BCUT2D eigenvalue weighted by molar-refractivity contribution is 0.414. The van der Waals surface area contributed by atoms with Crippen molar-refractivity contribution in [1.29, 1.82) is 0 Å². The fourth-order valence-corrected chi connectivity index (χ4v) is 6.84. The van der Waals surface area contributed by atoms with E-state index >= 15 is 0 Å². The van der Waals surface area contributed by atoms with Crippen LogP contribution >= 0.6 is 11.6 Å². The molecule has 0 aliphatic carbocycles. The average Bonchev–Trinajstić information content (AvgIpc) is 3.16. The van der Waals surface area contributed by atoms with Crippen LogP contribution in [0, 0.1) is 0 Å². The Morgan fingerprint density at radius 3 is 0.851 bits per heavy atom. The number of methoxy groups -OCH3 is 4. The normalized spacial score (nSPS) is 11.5. The molecular formula is C42H37ClO4. The van der Waals surface area contributed by atoms with Gasteiger partial charge in [-0.2, -0.15) is 0 Å². The van der Waals surface area contributed by atoms with Crippen molar-refractivity contribution >= 4 is 11.6 Å². The Hall–Kier alpha value is -5.19. The van der Waals surface area contributed by atoms with Gasteiger partial charge in [0.25, 0.3) is 0 Å². The van der Waals surface area contributed by atoms with E-state index in [1.165, 1.54) is 0 Å². The molecule has 0 aromatic heterocycles. The number of ether oxygens (including phenoxy) is 4. The molecule has 0 saturated carbocycles. The third-order valence-corrected chi connectivity index (χ3v) is 9.60. The average molecular weight is 641 g/mol. The minimum atomic E-state index is -0.979. The summed E-state index contributed by atoms with van der Waals surface area (Å²) in [6.45, 7) is 0. The first-order valence-corrected chi connectivity index (χ1v) is 15.8. The zero-order chi connectivity index (χ0) is 32.9. The van der Waals surface area contributed by atoms with E-state index in [1.54, 1.807) is 28.4 Å². The molecule has 0 amide bonds. The van der Waals surface area contributed by atoms with Gasteiger partial charge in [0.15, 0.2) is 0 Å². The fourth-order valence-electron chi connectivity index (χ4n) is 6.46. The van der Waals surface area contributed by atoms with Crippen molar-refractivity contribution in [2.75, 3.05) is 28.4 Å². The SMILES string of the molecule is COc1ccc(C(Cl)(c2ccc(OC)cc2)c2ccc(C(c3ccccc3)(c3ccc(OC)cc3)c3ccc(OC)cc3)cc2)cc1. The molecule has 4 nitrogen and oxygen atoms in total. The van der Waals surface area contributed by atoms with Crippen LogP contribution in [0.4, 0.5) is 0 Å². The maximum absolute atomic E-state index is 7.78. The van der Waals surface area contributed by atoms with Crippen LogP contribution in [-0.4, -0.2) is 28.4 Å². The summed E-state index contributed by atoms with van der Waals surface area (Å²) in [5.74, 6) is 3.13. The molecule has 6 rings (SSSR count). The molecule has 0 heterocycles. The minimum Gasteiger partial charge on any atom is -0.497 e. The highest BCUT2D eigenvalue weighted by molar-refractivity contribution is 6.28. The Morgan fingerprint density at radius 2 is 0.553 bits per heavy atom. The smallest absolute Gasteiger partial charge is 0.119 e. The van der Waals surface area contributed by atoms with Gasteiger partial charge in [-0.25, -0.2) is 0 Å². The monoisotopic (exact) mass is 640 g/mol. The number of halogens is 1. The molecule has 0 N–H and O–H groups in total. The van der Waals surface area contributed by atoms with Crippen molar-refractivity contribution in [2.45, 2.75) is 10.3 Å². The summed E-state index contributed by atoms with van der Waals surface area (Å²) in [5.41, 5.74) is 6.55. The Kier molecular flexibility index (Phi) is 9.24.